The average Bonchev–Trinajstić information content (AvgIpc) is 3.39. The van der Waals surface area contributed by atoms with Gasteiger partial charge in [-0.25, -0.2) is 0 Å². The van der Waals surface area contributed by atoms with Gasteiger partial charge in [0.25, 0.3) is 0 Å². The maximum Gasteiger partial charge on any atom is 0.237 e. The summed E-state index contributed by atoms with van der Waals surface area (Å²) in [6.45, 7) is 4.61. The fraction of sp³-hybridized carbons (Fsp3) is 0.550. The fourth-order valence-corrected chi connectivity index (χ4v) is 4.02. The van der Waals surface area contributed by atoms with Crippen molar-refractivity contribution in [2.24, 2.45) is 5.92 Å². The minimum Gasteiger partial charge on any atom is -0.354 e. The molecule has 2 aliphatic heterocycles. The van der Waals surface area contributed by atoms with E-state index in [4.69, 9.17) is 0 Å². The number of carbonyl (C=O) groups excluding carboxylic acids is 1. The van der Waals surface area contributed by atoms with Crippen molar-refractivity contribution in [1.82, 2.24) is 30.5 Å². The standard InChI is InChI=1S/C20H28N6O.ClH/c27-20(19-9-4-10-21-19)22-12-16-6-5-11-25(14-16)15-17-13-23-26(24-17)18-7-2-1-3-8-18;/h1-3,7-8,13,16,19,21H,4-6,9-12,14-15H2,(H,22,27);1H. The molecule has 0 aliphatic carbocycles. The van der Waals surface area contributed by atoms with E-state index in [1.165, 1.54) is 6.42 Å². The van der Waals surface area contributed by atoms with Gasteiger partial charge in [0.1, 0.15) is 0 Å². The molecule has 8 heteroatoms. The van der Waals surface area contributed by atoms with Crippen LogP contribution in [0.4, 0.5) is 0 Å². The predicted molar refractivity (Wildman–Crippen MR) is 111 cm³/mol. The van der Waals surface area contributed by atoms with Crippen molar-refractivity contribution < 1.29 is 4.79 Å². The number of para-hydroxylation sites is 1. The fourth-order valence-electron chi connectivity index (χ4n) is 4.02. The Morgan fingerprint density at radius 1 is 1.21 bits per heavy atom. The van der Waals surface area contributed by atoms with Gasteiger partial charge in [-0.1, -0.05) is 18.2 Å². The molecule has 1 amide bonds. The summed E-state index contributed by atoms with van der Waals surface area (Å²) in [5.74, 6) is 0.670. The molecule has 28 heavy (non-hydrogen) atoms. The van der Waals surface area contributed by atoms with Crippen LogP contribution in [-0.2, 0) is 11.3 Å². The predicted octanol–water partition coefficient (Wildman–Crippen LogP) is 1.77. The Balaban J connectivity index is 0.00000225. The zero-order chi connectivity index (χ0) is 18.5. The zero-order valence-electron chi connectivity index (χ0n) is 16.1. The number of hydrogen-bond acceptors (Lipinski definition) is 5. The van der Waals surface area contributed by atoms with E-state index in [1.54, 1.807) is 4.80 Å². The molecule has 7 nitrogen and oxygen atoms in total. The minimum absolute atomic E-state index is 0. The summed E-state index contributed by atoms with van der Waals surface area (Å²) in [7, 11) is 0. The van der Waals surface area contributed by atoms with Crippen LogP contribution >= 0.6 is 12.4 Å². The molecule has 2 saturated heterocycles. The molecule has 2 fully saturated rings. The van der Waals surface area contributed by atoms with Gasteiger partial charge in [-0.05, 0) is 56.8 Å². The van der Waals surface area contributed by atoms with E-state index in [0.29, 0.717) is 5.92 Å². The summed E-state index contributed by atoms with van der Waals surface area (Å²) in [6, 6.07) is 9.98. The number of nitrogens with one attached hydrogen (secondary N) is 2. The molecule has 2 aliphatic rings. The number of aromatic nitrogens is 3. The van der Waals surface area contributed by atoms with Crippen molar-refractivity contribution in [1.29, 1.82) is 0 Å². The van der Waals surface area contributed by atoms with Gasteiger partial charge in [0.05, 0.1) is 23.6 Å². The van der Waals surface area contributed by atoms with Crippen LogP contribution in [0.5, 0.6) is 0 Å². The van der Waals surface area contributed by atoms with E-state index in [0.717, 1.165) is 63.4 Å². The monoisotopic (exact) mass is 404 g/mol. The lowest BCUT2D eigenvalue weighted by Gasteiger charge is -2.32. The van der Waals surface area contributed by atoms with Crippen molar-refractivity contribution in [3.05, 3.63) is 42.2 Å². The molecule has 2 aromatic rings. The van der Waals surface area contributed by atoms with Crippen molar-refractivity contribution in [3.63, 3.8) is 0 Å². The van der Waals surface area contributed by atoms with Gasteiger partial charge in [0.2, 0.25) is 5.91 Å². The summed E-state index contributed by atoms with van der Waals surface area (Å²) in [4.78, 5) is 16.3. The number of amides is 1. The van der Waals surface area contributed by atoms with Crippen LogP contribution in [0.1, 0.15) is 31.4 Å². The van der Waals surface area contributed by atoms with E-state index in [-0.39, 0.29) is 24.4 Å². The first kappa shape index (κ1) is 20.8. The van der Waals surface area contributed by atoms with E-state index < -0.39 is 0 Å². The number of carbonyl (C=O) groups is 1. The first-order valence-electron chi connectivity index (χ1n) is 9.98. The molecule has 2 unspecified atom stereocenters. The van der Waals surface area contributed by atoms with Crippen molar-refractivity contribution >= 4 is 18.3 Å². The summed E-state index contributed by atoms with van der Waals surface area (Å²) < 4.78 is 0. The number of hydrogen-bond donors (Lipinski definition) is 2. The first-order chi connectivity index (χ1) is 13.3. The van der Waals surface area contributed by atoms with Crippen molar-refractivity contribution in [2.45, 2.75) is 38.3 Å². The molecule has 1 aromatic heterocycles. The summed E-state index contributed by atoms with van der Waals surface area (Å²) in [5.41, 5.74) is 1.96. The molecule has 3 heterocycles. The normalized spacial score (nSPS) is 22.6. The topological polar surface area (TPSA) is 75.1 Å². The van der Waals surface area contributed by atoms with Gasteiger partial charge >= 0.3 is 0 Å². The lowest BCUT2D eigenvalue weighted by molar-refractivity contribution is -0.123. The molecule has 152 valence electrons. The number of likely N-dealkylation sites (tertiary alicyclic amines) is 1. The summed E-state index contributed by atoms with van der Waals surface area (Å²) in [6.07, 6.45) is 6.24. The number of nitrogens with zero attached hydrogens (tertiary/aromatic N) is 4. The maximum absolute atomic E-state index is 12.2. The highest BCUT2D eigenvalue weighted by Crippen LogP contribution is 2.18. The van der Waals surface area contributed by atoms with Crippen LogP contribution in [0, 0.1) is 5.92 Å². The highest BCUT2D eigenvalue weighted by Gasteiger charge is 2.25. The molecule has 0 bridgehead atoms. The molecule has 0 radical (unpaired) electrons. The van der Waals surface area contributed by atoms with Crippen LogP contribution in [-0.4, -0.2) is 58.0 Å². The molecule has 1 aromatic carbocycles. The Bertz CT molecular complexity index is 746. The van der Waals surface area contributed by atoms with Crippen LogP contribution in [0.3, 0.4) is 0 Å². The Labute approximate surface area is 172 Å². The van der Waals surface area contributed by atoms with Gasteiger partial charge < -0.3 is 10.6 Å². The molecule has 2 N–H and O–H groups in total. The lowest BCUT2D eigenvalue weighted by Crippen LogP contribution is -2.45. The molecule has 0 spiro atoms. The molecule has 0 saturated carbocycles. The van der Waals surface area contributed by atoms with Crippen molar-refractivity contribution in [3.8, 4) is 5.69 Å². The number of piperidine rings is 1. The second-order valence-corrected chi connectivity index (χ2v) is 7.60. The van der Waals surface area contributed by atoms with Gasteiger partial charge in [-0.3, -0.25) is 9.69 Å². The number of halogens is 1. The third-order valence-corrected chi connectivity index (χ3v) is 5.46. The smallest absolute Gasteiger partial charge is 0.237 e. The first-order valence-corrected chi connectivity index (χ1v) is 9.98. The Hall–Kier alpha value is -1.96. The highest BCUT2D eigenvalue weighted by atomic mass is 35.5. The minimum atomic E-state index is 0. The van der Waals surface area contributed by atoms with Crippen LogP contribution in [0.2, 0.25) is 0 Å². The van der Waals surface area contributed by atoms with Crippen LogP contribution in [0.25, 0.3) is 5.69 Å². The third kappa shape index (κ3) is 5.31. The van der Waals surface area contributed by atoms with Crippen molar-refractivity contribution in [2.75, 3.05) is 26.2 Å². The largest absolute Gasteiger partial charge is 0.354 e. The van der Waals surface area contributed by atoms with E-state index in [9.17, 15) is 4.79 Å². The highest BCUT2D eigenvalue weighted by molar-refractivity contribution is 5.85. The maximum atomic E-state index is 12.2. The quantitative estimate of drug-likeness (QED) is 0.767. The molecule has 4 rings (SSSR count). The second-order valence-electron chi connectivity index (χ2n) is 7.60. The van der Waals surface area contributed by atoms with Gasteiger partial charge in [0.15, 0.2) is 0 Å². The Morgan fingerprint density at radius 2 is 2.07 bits per heavy atom. The Kier molecular flexibility index (Phi) is 7.42. The van der Waals surface area contributed by atoms with Gasteiger partial charge in [-0.15, -0.1) is 12.4 Å². The number of rotatable bonds is 6. The van der Waals surface area contributed by atoms with Crippen LogP contribution < -0.4 is 10.6 Å². The van der Waals surface area contributed by atoms with E-state index in [1.807, 2.05) is 36.5 Å². The number of benzene rings is 1. The second kappa shape index (κ2) is 10.0. The van der Waals surface area contributed by atoms with Gasteiger partial charge in [0, 0.05) is 19.6 Å². The SMILES string of the molecule is Cl.O=C(NCC1CCCN(Cc2cnn(-c3ccccc3)n2)C1)C1CCCN1. The van der Waals surface area contributed by atoms with E-state index in [2.05, 4.69) is 25.7 Å². The van der Waals surface area contributed by atoms with Gasteiger partial charge in [-0.2, -0.15) is 15.0 Å². The van der Waals surface area contributed by atoms with Crippen LogP contribution in [0.15, 0.2) is 36.5 Å². The average molecular weight is 405 g/mol. The summed E-state index contributed by atoms with van der Waals surface area (Å²) >= 11 is 0. The zero-order valence-corrected chi connectivity index (χ0v) is 16.9. The summed E-state index contributed by atoms with van der Waals surface area (Å²) in [5, 5.41) is 15.4. The molecular formula is C20H29ClN6O. The molecular weight excluding hydrogens is 376 g/mol. The third-order valence-electron chi connectivity index (χ3n) is 5.46. The lowest BCUT2D eigenvalue weighted by atomic mass is 9.97. The van der Waals surface area contributed by atoms with E-state index >= 15 is 0 Å². The molecule has 2 atom stereocenters. The Morgan fingerprint density at radius 3 is 2.86 bits per heavy atom.